The predicted octanol–water partition coefficient (Wildman–Crippen LogP) is 4.87. The van der Waals surface area contributed by atoms with Gasteiger partial charge >= 0.3 is 0 Å². The fraction of sp³-hybridized carbons (Fsp3) is 0.391. The van der Waals surface area contributed by atoms with Crippen LogP contribution in [0.15, 0.2) is 42.5 Å². The van der Waals surface area contributed by atoms with Gasteiger partial charge in [-0.15, -0.1) is 23.5 Å². The van der Waals surface area contributed by atoms with E-state index in [1.165, 1.54) is 23.5 Å². The van der Waals surface area contributed by atoms with Gasteiger partial charge in [0.1, 0.15) is 5.75 Å². The lowest BCUT2D eigenvalue weighted by Crippen LogP contribution is -2.33. The Morgan fingerprint density at radius 3 is 2.60 bits per heavy atom. The monoisotopic (exact) mass is 442 g/mol. The van der Waals surface area contributed by atoms with Gasteiger partial charge in [0, 0.05) is 24.8 Å². The molecule has 2 amide bonds. The van der Waals surface area contributed by atoms with Gasteiger partial charge in [0.15, 0.2) is 6.61 Å². The standard InChI is InChI=1S/C23H26N2O3S2/c1-16(26)25-11-2-4-18-14-19(7-10-21(18)25)24-22(27)15-28-20-8-5-17(6-9-20)23-29-12-3-13-30-23/h5-10,14,23H,2-4,11-13,15H2,1H3,(H,24,27). The van der Waals surface area contributed by atoms with Gasteiger partial charge in [0.2, 0.25) is 5.91 Å². The normalized spacial score (nSPS) is 16.6. The van der Waals surface area contributed by atoms with E-state index in [2.05, 4.69) is 17.4 Å². The first-order valence-corrected chi connectivity index (χ1v) is 12.4. The van der Waals surface area contributed by atoms with Gasteiger partial charge in [0.25, 0.3) is 5.91 Å². The molecule has 5 nitrogen and oxygen atoms in total. The number of fused-ring (bicyclic) bond motifs is 1. The number of carbonyl (C=O) groups is 2. The molecule has 0 saturated carbocycles. The fourth-order valence-electron chi connectivity index (χ4n) is 3.75. The summed E-state index contributed by atoms with van der Waals surface area (Å²) in [6.45, 7) is 2.29. The van der Waals surface area contributed by atoms with Gasteiger partial charge < -0.3 is 15.0 Å². The number of hydrogen-bond acceptors (Lipinski definition) is 5. The molecule has 30 heavy (non-hydrogen) atoms. The zero-order chi connectivity index (χ0) is 20.9. The Morgan fingerprint density at radius 2 is 1.87 bits per heavy atom. The SMILES string of the molecule is CC(=O)N1CCCc2cc(NC(=O)COc3ccc(C4SCCCS4)cc3)ccc21. The highest BCUT2D eigenvalue weighted by molar-refractivity contribution is 8.16. The average molecular weight is 443 g/mol. The zero-order valence-corrected chi connectivity index (χ0v) is 18.7. The molecule has 0 aromatic heterocycles. The van der Waals surface area contributed by atoms with Crippen LogP contribution in [0.5, 0.6) is 5.75 Å². The molecule has 0 unspecified atom stereocenters. The van der Waals surface area contributed by atoms with E-state index in [9.17, 15) is 9.59 Å². The topological polar surface area (TPSA) is 58.6 Å². The van der Waals surface area contributed by atoms with Gasteiger partial charge in [-0.3, -0.25) is 9.59 Å². The molecule has 2 aromatic rings. The molecule has 1 saturated heterocycles. The molecule has 0 aliphatic carbocycles. The Morgan fingerprint density at radius 1 is 1.10 bits per heavy atom. The lowest BCUT2D eigenvalue weighted by atomic mass is 10.0. The number of aryl methyl sites for hydroxylation is 1. The molecule has 1 N–H and O–H groups in total. The van der Waals surface area contributed by atoms with E-state index in [0.717, 1.165) is 36.3 Å². The number of thioether (sulfide) groups is 2. The van der Waals surface area contributed by atoms with E-state index in [1.807, 2.05) is 53.9 Å². The summed E-state index contributed by atoms with van der Waals surface area (Å²) in [6.07, 6.45) is 3.12. The highest BCUT2D eigenvalue weighted by Crippen LogP contribution is 2.43. The number of nitrogens with one attached hydrogen (secondary N) is 1. The summed E-state index contributed by atoms with van der Waals surface area (Å²) >= 11 is 3.98. The summed E-state index contributed by atoms with van der Waals surface area (Å²) in [6, 6.07) is 13.8. The smallest absolute Gasteiger partial charge is 0.262 e. The minimum atomic E-state index is -0.198. The van der Waals surface area contributed by atoms with Crippen LogP contribution in [-0.4, -0.2) is 36.5 Å². The first-order chi connectivity index (χ1) is 14.6. The summed E-state index contributed by atoms with van der Waals surface area (Å²) in [7, 11) is 0. The maximum atomic E-state index is 12.3. The van der Waals surface area contributed by atoms with Crippen molar-refractivity contribution in [2.24, 2.45) is 0 Å². The van der Waals surface area contributed by atoms with Crippen molar-refractivity contribution in [2.75, 3.05) is 34.9 Å². The van der Waals surface area contributed by atoms with E-state index >= 15 is 0 Å². The summed E-state index contributed by atoms with van der Waals surface area (Å²) in [5, 5.41) is 2.90. The van der Waals surface area contributed by atoms with Crippen LogP contribution >= 0.6 is 23.5 Å². The van der Waals surface area contributed by atoms with E-state index in [1.54, 1.807) is 11.8 Å². The molecule has 7 heteroatoms. The minimum absolute atomic E-state index is 0.0388. The van der Waals surface area contributed by atoms with Crippen LogP contribution in [0.4, 0.5) is 11.4 Å². The van der Waals surface area contributed by atoms with Crippen molar-refractivity contribution >= 4 is 46.7 Å². The Hall–Kier alpha value is -2.12. The molecule has 0 atom stereocenters. The third-order valence-corrected chi connectivity index (χ3v) is 8.23. The summed E-state index contributed by atoms with van der Waals surface area (Å²) in [5.41, 5.74) is 4.06. The fourth-order valence-corrected chi connectivity index (χ4v) is 6.64. The molecule has 2 aliphatic rings. The number of amides is 2. The van der Waals surface area contributed by atoms with E-state index in [0.29, 0.717) is 10.3 Å². The van der Waals surface area contributed by atoms with E-state index < -0.39 is 0 Å². The molecular formula is C23H26N2O3S2. The maximum Gasteiger partial charge on any atom is 0.262 e. The molecule has 0 spiro atoms. The van der Waals surface area contributed by atoms with Crippen LogP contribution in [0, 0.1) is 0 Å². The number of rotatable bonds is 5. The molecule has 2 aromatic carbocycles. The van der Waals surface area contributed by atoms with Gasteiger partial charge in [0.05, 0.1) is 4.58 Å². The summed E-state index contributed by atoms with van der Waals surface area (Å²) in [5.74, 6) is 2.98. The minimum Gasteiger partial charge on any atom is -0.484 e. The highest BCUT2D eigenvalue weighted by Gasteiger charge is 2.20. The second kappa shape index (κ2) is 9.79. The Balaban J connectivity index is 1.31. The van der Waals surface area contributed by atoms with Crippen molar-refractivity contribution in [3.63, 3.8) is 0 Å². The van der Waals surface area contributed by atoms with E-state index in [4.69, 9.17) is 4.74 Å². The van der Waals surface area contributed by atoms with Gasteiger partial charge in [-0.05, 0) is 72.2 Å². The number of benzene rings is 2. The van der Waals surface area contributed by atoms with Crippen molar-refractivity contribution in [1.29, 1.82) is 0 Å². The van der Waals surface area contributed by atoms with Gasteiger partial charge in [-0.2, -0.15) is 0 Å². The second-order valence-electron chi connectivity index (χ2n) is 7.45. The van der Waals surface area contributed by atoms with Crippen molar-refractivity contribution in [3.8, 4) is 5.75 Å². The summed E-state index contributed by atoms with van der Waals surface area (Å²) in [4.78, 5) is 25.9. The lowest BCUT2D eigenvalue weighted by Gasteiger charge is -2.29. The maximum absolute atomic E-state index is 12.3. The number of hydrogen-bond donors (Lipinski definition) is 1. The van der Waals surface area contributed by atoms with Crippen LogP contribution in [0.3, 0.4) is 0 Å². The first-order valence-electron chi connectivity index (χ1n) is 10.3. The molecule has 4 rings (SSSR count). The third kappa shape index (κ3) is 5.13. The van der Waals surface area contributed by atoms with E-state index in [-0.39, 0.29) is 18.4 Å². The van der Waals surface area contributed by atoms with Crippen LogP contribution in [0.1, 0.15) is 35.5 Å². The van der Waals surface area contributed by atoms with Crippen LogP contribution < -0.4 is 15.0 Å². The van der Waals surface area contributed by atoms with Crippen LogP contribution in [-0.2, 0) is 16.0 Å². The zero-order valence-electron chi connectivity index (χ0n) is 17.1. The number of anilines is 2. The van der Waals surface area contributed by atoms with Crippen molar-refractivity contribution < 1.29 is 14.3 Å². The van der Waals surface area contributed by atoms with Crippen molar-refractivity contribution in [3.05, 3.63) is 53.6 Å². The quantitative estimate of drug-likeness (QED) is 0.716. The second-order valence-corrected chi connectivity index (χ2v) is 10.2. The number of nitrogens with zero attached hydrogens (tertiary/aromatic N) is 1. The highest BCUT2D eigenvalue weighted by atomic mass is 32.2. The molecule has 0 radical (unpaired) electrons. The Labute approximate surface area is 185 Å². The van der Waals surface area contributed by atoms with Crippen molar-refractivity contribution in [1.82, 2.24) is 0 Å². The molecule has 2 aliphatic heterocycles. The van der Waals surface area contributed by atoms with Crippen LogP contribution in [0.2, 0.25) is 0 Å². The number of carbonyl (C=O) groups excluding carboxylic acids is 2. The molecule has 0 bridgehead atoms. The molecular weight excluding hydrogens is 416 g/mol. The first kappa shape index (κ1) is 21.1. The Bertz CT molecular complexity index is 911. The molecule has 1 fully saturated rings. The Kier molecular flexibility index (Phi) is 6.89. The number of ether oxygens (including phenoxy) is 1. The average Bonchev–Trinajstić information content (AvgIpc) is 2.78. The van der Waals surface area contributed by atoms with Crippen LogP contribution in [0.25, 0.3) is 0 Å². The molecule has 158 valence electrons. The lowest BCUT2D eigenvalue weighted by molar-refractivity contribution is -0.118. The largest absolute Gasteiger partial charge is 0.484 e. The van der Waals surface area contributed by atoms with Crippen molar-refractivity contribution in [2.45, 2.75) is 30.8 Å². The van der Waals surface area contributed by atoms with Gasteiger partial charge in [-0.1, -0.05) is 12.1 Å². The van der Waals surface area contributed by atoms with Gasteiger partial charge in [-0.25, -0.2) is 0 Å². The third-order valence-electron chi connectivity index (χ3n) is 5.21. The predicted molar refractivity (Wildman–Crippen MR) is 126 cm³/mol. The summed E-state index contributed by atoms with van der Waals surface area (Å²) < 4.78 is 6.16. The molecule has 2 heterocycles.